The molecule has 0 aromatic heterocycles. The predicted octanol–water partition coefficient (Wildman–Crippen LogP) is 2.88. The van der Waals surface area contributed by atoms with Gasteiger partial charge in [0.05, 0.1) is 19.1 Å². The highest BCUT2D eigenvalue weighted by Gasteiger charge is 2.36. The molecule has 3 aliphatic heterocycles. The van der Waals surface area contributed by atoms with Crippen molar-refractivity contribution in [3.05, 3.63) is 65.7 Å². The number of piperidine rings is 3. The highest BCUT2D eigenvalue weighted by atomic mass is 16.5. The third kappa shape index (κ3) is 3.59. The van der Waals surface area contributed by atoms with Gasteiger partial charge in [-0.25, -0.2) is 0 Å². The van der Waals surface area contributed by atoms with Gasteiger partial charge < -0.3 is 9.64 Å². The van der Waals surface area contributed by atoms with Gasteiger partial charge in [-0.05, 0) is 42.0 Å². The summed E-state index contributed by atoms with van der Waals surface area (Å²) in [6.45, 7) is 3.43. The first-order valence-electron chi connectivity index (χ1n) is 8.97. The molecule has 0 amide bonds. The van der Waals surface area contributed by atoms with E-state index in [1.165, 1.54) is 49.9 Å². The summed E-state index contributed by atoms with van der Waals surface area (Å²) in [7, 11) is 0. The zero-order valence-electron chi connectivity index (χ0n) is 13.7. The summed E-state index contributed by atoms with van der Waals surface area (Å²) in [6, 6.07) is 20.0. The molecule has 3 aliphatic rings. The molecular weight excluding hydrogens is 282 g/mol. The fourth-order valence-electron chi connectivity index (χ4n) is 4.24. The maximum Gasteiger partial charge on any atom is 0.119 e. The first kappa shape index (κ1) is 14.8. The van der Waals surface area contributed by atoms with Gasteiger partial charge in [-0.3, -0.25) is 0 Å². The molecule has 0 saturated carbocycles. The van der Waals surface area contributed by atoms with Gasteiger partial charge in [0.15, 0.2) is 0 Å². The number of hydrogen-bond donors (Lipinski definition) is 1. The Morgan fingerprint density at radius 3 is 2.26 bits per heavy atom. The third-order valence-corrected chi connectivity index (χ3v) is 5.60. The van der Waals surface area contributed by atoms with E-state index in [9.17, 15) is 0 Å². The molecule has 0 aliphatic carbocycles. The molecule has 3 fully saturated rings. The summed E-state index contributed by atoms with van der Waals surface area (Å²) in [4.78, 5) is 1.84. The van der Waals surface area contributed by atoms with Crippen molar-refractivity contribution in [3.8, 4) is 5.75 Å². The topological polar surface area (TPSA) is 13.7 Å². The largest absolute Gasteiger partial charge is 0.489 e. The van der Waals surface area contributed by atoms with Crippen molar-refractivity contribution >= 4 is 0 Å². The lowest BCUT2D eigenvalue weighted by Gasteiger charge is -2.42. The summed E-state index contributed by atoms with van der Waals surface area (Å²) in [5.74, 6) is 1.97. The normalized spacial score (nSPS) is 26.2. The van der Waals surface area contributed by atoms with Crippen LogP contribution in [-0.4, -0.2) is 19.1 Å². The van der Waals surface area contributed by atoms with E-state index in [1.54, 1.807) is 0 Å². The van der Waals surface area contributed by atoms with Crippen molar-refractivity contribution in [1.29, 1.82) is 0 Å². The average molecular weight is 308 g/mol. The quantitative estimate of drug-likeness (QED) is 0.897. The van der Waals surface area contributed by atoms with E-state index in [0.29, 0.717) is 6.61 Å². The average Bonchev–Trinajstić information content (AvgIpc) is 2.63. The second kappa shape index (κ2) is 6.76. The Morgan fingerprint density at radius 1 is 0.870 bits per heavy atom. The van der Waals surface area contributed by atoms with Crippen molar-refractivity contribution in [1.82, 2.24) is 0 Å². The molecule has 0 unspecified atom stereocenters. The van der Waals surface area contributed by atoms with Gasteiger partial charge in [-0.1, -0.05) is 42.5 Å². The van der Waals surface area contributed by atoms with Crippen LogP contribution in [-0.2, 0) is 13.0 Å². The number of benzene rings is 2. The monoisotopic (exact) mass is 308 g/mol. The van der Waals surface area contributed by atoms with Gasteiger partial charge in [0, 0.05) is 12.8 Å². The minimum Gasteiger partial charge on any atom is -0.489 e. The van der Waals surface area contributed by atoms with Crippen LogP contribution in [0, 0.1) is 5.92 Å². The van der Waals surface area contributed by atoms with Crippen LogP contribution in [0.5, 0.6) is 5.75 Å². The summed E-state index contributed by atoms with van der Waals surface area (Å²) >= 11 is 0. The maximum absolute atomic E-state index is 5.88. The van der Waals surface area contributed by atoms with Crippen LogP contribution < -0.4 is 9.64 Å². The number of hydrogen-bond acceptors (Lipinski definition) is 1. The van der Waals surface area contributed by atoms with Gasteiger partial charge in [-0.15, -0.1) is 0 Å². The molecule has 0 spiro atoms. The summed E-state index contributed by atoms with van der Waals surface area (Å²) < 4.78 is 5.88. The number of quaternary nitrogens is 1. The van der Waals surface area contributed by atoms with E-state index in [4.69, 9.17) is 4.74 Å². The van der Waals surface area contributed by atoms with Crippen LogP contribution in [0.25, 0.3) is 0 Å². The summed E-state index contributed by atoms with van der Waals surface area (Å²) in [6.07, 6.45) is 5.57. The highest BCUT2D eigenvalue weighted by Crippen LogP contribution is 2.23. The molecule has 1 atom stereocenters. The second-order valence-electron chi connectivity index (χ2n) is 7.16. The van der Waals surface area contributed by atoms with Crippen molar-refractivity contribution in [2.24, 2.45) is 5.92 Å². The van der Waals surface area contributed by atoms with Crippen molar-refractivity contribution in [2.45, 2.75) is 38.3 Å². The van der Waals surface area contributed by atoms with Crippen LogP contribution in [0.2, 0.25) is 0 Å². The number of ether oxygens (including phenoxy) is 1. The number of nitrogens with one attached hydrogen (secondary N) is 1. The molecule has 2 nitrogen and oxygen atoms in total. The molecule has 5 rings (SSSR count). The van der Waals surface area contributed by atoms with Gasteiger partial charge in [-0.2, -0.15) is 0 Å². The minimum atomic E-state index is 0.641. The van der Waals surface area contributed by atoms with Gasteiger partial charge in [0.1, 0.15) is 12.4 Å². The summed E-state index contributed by atoms with van der Waals surface area (Å²) in [5.41, 5.74) is 2.67. The number of fused-ring (bicyclic) bond motifs is 3. The summed E-state index contributed by atoms with van der Waals surface area (Å²) in [5, 5.41) is 0. The molecule has 2 heteroatoms. The van der Waals surface area contributed by atoms with E-state index in [2.05, 4.69) is 48.5 Å². The standard InChI is InChI=1S/C21H25NO/c1-2-4-19(5-3-1)16-23-21-8-6-17(7-9-21)14-20-15-18-10-12-22(20)13-11-18/h1-9,18,20H,10-16H2/p+1/t20-/m1/s1. The molecule has 1 N–H and O–H groups in total. The van der Waals surface area contributed by atoms with E-state index >= 15 is 0 Å². The SMILES string of the molecule is c1ccc(COc2ccc(C[C@@H]3CC4CC[NH+]3CC4)cc2)cc1. The Labute approximate surface area is 139 Å². The first-order chi connectivity index (χ1) is 11.4. The third-order valence-electron chi connectivity index (χ3n) is 5.60. The minimum absolute atomic E-state index is 0.641. The van der Waals surface area contributed by atoms with Crippen molar-refractivity contribution in [3.63, 3.8) is 0 Å². The predicted molar refractivity (Wildman–Crippen MR) is 92.7 cm³/mol. The van der Waals surface area contributed by atoms with E-state index in [0.717, 1.165) is 17.7 Å². The molecule has 120 valence electrons. The molecule has 3 saturated heterocycles. The zero-order chi connectivity index (χ0) is 15.5. The number of rotatable bonds is 5. The molecule has 23 heavy (non-hydrogen) atoms. The molecule has 0 radical (unpaired) electrons. The van der Waals surface area contributed by atoms with Crippen LogP contribution in [0.3, 0.4) is 0 Å². The van der Waals surface area contributed by atoms with E-state index in [-0.39, 0.29) is 0 Å². The Bertz CT molecular complexity index is 614. The Kier molecular flexibility index (Phi) is 4.34. The smallest absolute Gasteiger partial charge is 0.119 e. The Hall–Kier alpha value is -1.80. The van der Waals surface area contributed by atoms with Crippen LogP contribution >= 0.6 is 0 Å². The maximum atomic E-state index is 5.88. The van der Waals surface area contributed by atoms with Crippen LogP contribution in [0.15, 0.2) is 54.6 Å². The lowest BCUT2D eigenvalue weighted by atomic mass is 9.81. The van der Waals surface area contributed by atoms with Gasteiger partial charge in [0.25, 0.3) is 0 Å². The van der Waals surface area contributed by atoms with Gasteiger partial charge >= 0.3 is 0 Å². The zero-order valence-corrected chi connectivity index (χ0v) is 13.7. The highest BCUT2D eigenvalue weighted by molar-refractivity contribution is 5.28. The van der Waals surface area contributed by atoms with Crippen molar-refractivity contribution < 1.29 is 9.64 Å². The second-order valence-corrected chi connectivity index (χ2v) is 7.16. The lowest BCUT2D eigenvalue weighted by Crippen LogP contribution is -3.18. The van der Waals surface area contributed by atoms with Crippen LogP contribution in [0.4, 0.5) is 0 Å². The lowest BCUT2D eigenvalue weighted by molar-refractivity contribution is -0.941. The molecule has 3 heterocycles. The first-order valence-corrected chi connectivity index (χ1v) is 8.97. The fraction of sp³-hybridized carbons (Fsp3) is 0.429. The molecule has 2 bridgehead atoms. The molecule has 2 aromatic rings. The van der Waals surface area contributed by atoms with Crippen molar-refractivity contribution in [2.75, 3.05) is 13.1 Å². The molecular formula is C21H26NO+. The van der Waals surface area contributed by atoms with Crippen LogP contribution in [0.1, 0.15) is 30.4 Å². The fourth-order valence-corrected chi connectivity index (χ4v) is 4.24. The van der Waals surface area contributed by atoms with E-state index < -0.39 is 0 Å². The Morgan fingerprint density at radius 2 is 1.61 bits per heavy atom. The molecule has 2 aromatic carbocycles. The van der Waals surface area contributed by atoms with E-state index in [1.807, 2.05) is 11.0 Å². The van der Waals surface area contributed by atoms with Gasteiger partial charge in [0.2, 0.25) is 0 Å². The Balaban J connectivity index is 1.33.